The van der Waals surface area contributed by atoms with Gasteiger partial charge in [-0.2, -0.15) is 0 Å². The second kappa shape index (κ2) is 9.16. The summed E-state index contributed by atoms with van der Waals surface area (Å²) in [6.45, 7) is 5.73. The minimum absolute atomic E-state index is 0.102. The van der Waals surface area contributed by atoms with E-state index in [0.717, 1.165) is 43.9 Å². The number of aromatic nitrogens is 1. The maximum Gasteiger partial charge on any atom is 0.233 e. The smallest absolute Gasteiger partial charge is 0.233 e. The number of aryl methyl sites for hydroxylation is 2. The van der Waals surface area contributed by atoms with Gasteiger partial charge in [0, 0.05) is 11.0 Å². The number of hydrogen-bond acceptors (Lipinski definition) is 4. The van der Waals surface area contributed by atoms with Gasteiger partial charge in [0.05, 0.1) is 16.6 Å². The highest BCUT2D eigenvalue weighted by Crippen LogP contribution is 2.31. The number of anilines is 1. The molecule has 0 saturated heterocycles. The van der Waals surface area contributed by atoms with Gasteiger partial charge in [-0.05, 0) is 70.2 Å². The number of nitrogens with zero attached hydrogens (tertiary/aromatic N) is 3. The lowest BCUT2D eigenvalue weighted by Crippen LogP contribution is -2.34. The zero-order chi connectivity index (χ0) is 20.3. The van der Waals surface area contributed by atoms with Gasteiger partial charge in [0.15, 0.2) is 5.13 Å². The Bertz CT molecular complexity index is 983. The Kier molecular flexibility index (Phi) is 6.86. The summed E-state index contributed by atoms with van der Waals surface area (Å²) in [5.74, 6) is 0.102. The lowest BCUT2D eigenvalue weighted by atomic mass is 10.0. The van der Waals surface area contributed by atoms with Crippen LogP contribution in [0.5, 0.6) is 0 Å². The van der Waals surface area contributed by atoms with Crippen molar-refractivity contribution in [3.05, 3.63) is 57.6 Å². The van der Waals surface area contributed by atoms with Crippen LogP contribution in [0.15, 0.2) is 40.9 Å². The molecule has 1 aromatic heterocycles. The molecule has 0 N–H and O–H groups in total. The van der Waals surface area contributed by atoms with E-state index in [1.54, 1.807) is 11.3 Å². The minimum atomic E-state index is 0.102. The third-order valence-corrected chi connectivity index (χ3v) is 6.24. The summed E-state index contributed by atoms with van der Waals surface area (Å²) < 4.78 is 2.11. The molecule has 0 aliphatic heterocycles. The monoisotopic (exact) mass is 459 g/mol. The highest BCUT2D eigenvalue weighted by molar-refractivity contribution is 9.10. The maximum atomic E-state index is 13.3. The Morgan fingerprint density at radius 2 is 1.89 bits per heavy atom. The SMILES string of the molecule is Cc1ccc(C)c(CC(=O)N(CCCN(C)C)c2nc3ccc(Br)cc3s2)c1. The van der Waals surface area contributed by atoms with Crippen molar-refractivity contribution in [1.82, 2.24) is 9.88 Å². The van der Waals surface area contributed by atoms with Crippen LogP contribution in [0, 0.1) is 13.8 Å². The maximum absolute atomic E-state index is 13.3. The molecule has 0 atom stereocenters. The first-order valence-electron chi connectivity index (χ1n) is 9.41. The van der Waals surface area contributed by atoms with Crippen LogP contribution in [-0.2, 0) is 11.2 Å². The molecule has 148 valence electrons. The van der Waals surface area contributed by atoms with Crippen molar-refractivity contribution >= 4 is 48.5 Å². The summed E-state index contributed by atoms with van der Waals surface area (Å²) >= 11 is 5.09. The van der Waals surface area contributed by atoms with E-state index in [1.165, 1.54) is 5.56 Å². The third kappa shape index (κ3) is 5.19. The fourth-order valence-corrected chi connectivity index (χ4v) is 4.68. The average Bonchev–Trinajstić information content (AvgIpc) is 3.04. The zero-order valence-corrected chi connectivity index (χ0v) is 19.2. The van der Waals surface area contributed by atoms with Crippen LogP contribution in [-0.4, -0.2) is 43.0 Å². The van der Waals surface area contributed by atoms with Gasteiger partial charge >= 0.3 is 0 Å². The van der Waals surface area contributed by atoms with Crippen molar-refractivity contribution in [2.75, 3.05) is 32.1 Å². The lowest BCUT2D eigenvalue weighted by molar-refractivity contribution is -0.118. The first-order chi connectivity index (χ1) is 13.3. The van der Waals surface area contributed by atoms with E-state index in [2.05, 4.69) is 73.0 Å². The number of carbonyl (C=O) groups is 1. The molecule has 28 heavy (non-hydrogen) atoms. The number of rotatable bonds is 7. The predicted octanol–water partition coefficient (Wildman–Crippen LogP) is 5.20. The van der Waals surface area contributed by atoms with E-state index in [4.69, 9.17) is 4.98 Å². The summed E-state index contributed by atoms with van der Waals surface area (Å²) in [5.41, 5.74) is 4.35. The Morgan fingerprint density at radius 1 is 1.11 bits per heavy atom. The van der Waals surface area contributed by atoms with Crippen LogP contribution in [0.2, 0.25) is 0 Å². The van der Waals surface area contributed by atoms with E-state index in [0.29, 0.717) is 13.0 Å². The average molecular weight is 460 g/mol. The number of carbonyl (C=O) groups excluding carboxylic acids is 1. The van der Waals surface area contributed by atoms with E-state index < -0.39 is 0 Å². The molecule has 0 spiro atoms. The zero-order valence-electron chi connectivity index (χ0n) is 16.8. The Labute approximate surface area is 179 Å². The summed E-state index contributed by atoms with van der Waals surface area (Å²) in [5, 5.41) is 0.780. The van der Waals surface area contributed by atoms with Gasteiger partial charge < -0.3 is 4.90 Å². The molecule has 0 radical (unpaired) electrons. The number of thiazole rings is 1. The van der Waals surface area contributed by atoms with Crippen molar-refractivity contribution in [2.45, 2.75) is 26.7 Å². The van der Waals surface area contributed by atoms with Crippen LogP contribution in [0.3, 0.4) is 0 Å². The first-order valence-corrected chi connectivity index (χ1v) is 11.0. The highest BCUT2D eigenvalue weighted by Gasteiger charge is 2.20. The summed E-state index contributed by atoms with van der Waals surface area (Å²) in [4.78, 5) is 22.0. The highest BCUT2D eigenvalue weighted by atomic mass is 79.9. The van der Waals surface area contributed by atoms with Crippen molar-refractivity contribution in [3.8, 4) is 0 Å². The van der Waals surface area contributed by atoms with Gasteiger partial charge in [-0.3, -0.25) is 9.69 Å². The van der Waals surface area contributed by atoms with Crippen molar-refractivity contribution in [2.24, 2.45) is 0 Å². The molecule has 3 aromatic rings. The number of benzene rings is 2. The molecule has 1 heterocycles. The standard InChI is InChI=1S/C22H26BrN3OS/c1-15-6-7-16(2)17(12-15)13-21(27)26(11-5-10-25(3)4)22-24-19-9-8-18(23)14-20(19)28-22/h6-9,12,14H,5,10-11,13H2,1-4H3. The molecular formula is C22H26BrN3OS. The molecule has 0 saturated carbocycles. The van der Waals surface area contributed by atoms with E-state index in [1.807, 2.05) is 17.0 Å². The molecule has 4 nitrogen and oxygen atoms in total. The largest absolute Gasteiger partial charge is 0.309 e. The molecule has 0 fully saturated rings. The van der Waals surface area contributed by atoms with Gasteiger partial charge in [0.1, 0.15) is 0 Å². The number of hydrogen-bond donors (Lipinski definition) is 0. The van der Waals surface area contributed by atoms with Crippen LogP contribution < -0.4 is 4.90 Å². The summed E-state index contributed by atoms with van der Waals surface area (Å²) in [7, 11) is 4.11. The van der Waals surface area contributed by atoms with Crippen molar-refractivity contribution < 1.29 is 4.79 Å². The van der Waals surface area contributed by atoms with E-state index in [9.17, 15) is 4.79 Å². The molecule has 6 heteroatoms. The number of fused-ring (bicyclic) bond motifs is 1. The molecule has 0 aliphatic rings. The van der Waals surface area contributed by atoms with Crippen molar-refractivity contribution in [3.63, 3.8) is 0 Å². The summed E-state index contributed by atoms with van der Waals surface area (Å²) in [6, 6.07) is 12.3. The third-order valence-electron chi connectivity index (χ3n) is 4.70. The van der Waals surface area contributed by atoms with Gasteiger partial charge in [-0.25, -0.2) is 4.98 Å². The predicted molar refractivity (Wildman–Crippen MR) is 122 cm³/mol. The van der Waals surface area contributed by atoms with Gasteiger partial charge in [0.2, 0.25) is 5.91 Å². The number of halogens is 1. The topological polar surface area (TPSA) is 36.4 Å². The van der Waals surface area contributed by atoms with Gasteiger partial charge in [-0.15, -0.1) is 0 Å². The van der Waals surface area contributed by atoms with Crippen LogP contribution in [0.1, 0.15) is 23.1 Å². The van der Waals surface area contributed by atoms with Crippen LogP contribution >= 0.6 is 27.3 Å². The Morgan fingerprint density at radius 3 is 2.64 bits per heavy atom. The normalized spacial score (nSPS) is 11.4. The molecule has 3 rings (SSSR count). The van der Waals surface area contributed by atoms with E-state index >= 15 is 0 Å². The second-order valence-corrected chi connectivity index (χ2v) is 9.34. The van der Waals surface area contributed by atoms with Gasteiger partial charge in [0.25, 0.3) is 0 Å². The minimum Gasteiger partial charge on any atom is -0.309 e. The molecular weight excluding hydrogens is 434 g/mol. The molecule has 1 amide bonds. The molecule has 0 aliphatic carbocycles. The van der Waals surface area contributed by atoms with Crippen LogP contribution in [0.25, 0.3) is 10.2 Å². The van der Waals surface area contributed by atoms with Gasteiger partial charge in [-0.1, -0.05) is 51.0 Å². The number of amides is 1. The fraction of sp³-hybridized carbons (Fsp3) is 0.364. The summed E-state index contributed by atoms with van der Waals surface area (Å²) in [6.07, 6.45) is 1.31. The Balaban J connectivity index is 1.88. The Hall–Kier alpha value is -1.76. The molecule has 0 bridgehead atoms. The van der Waals surface area contributed by atoms with Crippen molar-refractivity contribution in [1.29, 1.82) is 0 Å². The lowest BCUT2D eigenvalue weighted by Gasteiger charge is -2.21. The van der Waals surface area contributed by atoms with E-state index in [-0.39, 0.29) is 5.91 Å². The molecule has 2 aromatic carbocycles. The fourth-order valence-electron chi connectivity index (χ4n) is 3.12. The second-order valence-electron chi connectivity index (χ2n) is 7.42. The molecule has 0 unspecified atom stereocenters. The van der Waals surface area contributed by atoms with Crippen LogP contribution in [0.4, 0.5) is 5.13 Å². The quantitative estimate of drug-likeness (QED) is 0.486. The first kappa shape index (κ1) is 21.0.